The Morgan fingerprint density at radius 3 is 2.82 bits per heavy atom. The monoisotopic (exact) mass is 362 g/mol. The van der Waals surface area contributed by atoms with Gasteiger partial charge in [0.05, 0.1) is 18.8 Å². The minimum atomic E-state index is 0.201. The summed E-state index contributed by atoms with van der Waals surface area (Å²) in [6.45, 7) is 3.40. The van der Waals surface area contributed by atoms with Crippen LogP contribution in [-0.2, 0) is 16.1 Å². The van der Waals surface area contributed by atoms with E-state index in [1.54, 1.807) is 0 Å². The smallest absolute Gasteiger partial charge is 0.0962 e. The number of halogens is 2. The van der Waals surface area contributed by atoms with Crippen molar-refractivity contribution in [2.75, 3.05) is 6.61 Å². The van der Waals surface area contributed by atoms with Gasteiger partial charge in [0.2, 0.25) is 0 Å². The third kappa shape index (κ3) is 3.53. The SMILES string of the molecule is CCOC1C(Br)CC1OCc1cccc(Br)c1. The highest BCUT2D eigenvalue weighted by Crippen LogP contribution is 2.33. The molecule has 3 unspecified atom stereocenters. The lowest BCUT2D eigenvalue weighted by Crippen LogP contribution is -2.50. The van der Waals surface area contributed by atoms with Crippen molar-refractivity contribution >= 4 is 31.9 Å². The zero-order valence-electron chi connectivity index (χ0n) is 9.74. The van der Waals surface area contributed by atoms with Crippen LogP contribution in [0.2, 0.25) is 0 Å². The molecule has 0 saturated heterocycles. The Labute approximate surface area is 119 Å². The van der Waals surface area contributed by atoms with Crippen molar-refractivity contribution in [3.05, 3.63) is 34.3 Å². The Kier molecular flexibility index (Phi) is 5.03. The van der Waals surface area contributed by atoms with E-state index in [0.717, 1.165) is 17.5 Å². The summed E-state index contributed by atoms with van der Waals surface area (Å²) >= 11 is 7.05. The van der Waals surface area contributed by atoms with Crippen LogP contribution in [0.25, 0.3) is 0 Å². The molecule has 1 aliphatic carbocycles. The lowest BCUT2D eigenvalue weighted by Gasteiger charge is -2.40. The van der Waals surface area contributed by atoms with Crippen LogP contribution in [0.4, 0.5) is 0 Å². The highest BCUT2D eigenvalue weighted by Gasteiger charge is 2.41. The highest BCUT2D eigenvalue weighted by atomic mass is 79.9. The van der Waals surface area contributed by atoms with Crippen molar-refractivity contribution in [3.8, 4) is 0 Å². The first-order valence-corrected chi connectivity index (χ1v) is 7.53. The van der Waals surface area contributed by atoms with Gasteiger partial charge in [-0.25, -0.2) is 0 Å². The molecule has 0 heterocycles. The molecule has 0 bridgehead atoms. The topological polar surface area (TPSA) is 18.5 Å². The summed E-state index contributed by atoms with van der Waals surface area (Å²) in [5.41, 5.74) is 1.19. The standard InChI is InChI=1S/C13H16Br2O2/c1-2-16-13-11(15)7-12(13)17-8-9-4-3-5-10(14)6-9/h3-6,11-13H,2,7-8H2,1H3. The van der Waals surface area contributed by atoms with Crippen molar-refractivity contribution in [1.82, 2.24) is 0 Å². The summed E-state index contributed by atoms with van der Waals surface area (Å²) < 4.78 is 12.6. The van der Waals surface area contributed by atoms with Gasteiger partial charge in [0.15, 0.2) is 0 Å². The zero-order valence-corrected chi connectivity index (χ0v) is 12.9. The Hall–Kier alpha value is 0.100. The van der Waals surface area contributed by atoms with Gasteiger partial charge in [0.25, 0.3) is 0 Å². The van der Waals surface area contributed by atoms with Crippen molar-refractivity contribution in [2.24, 2.45) is 0 Å². The molecule has 2 nitrogen and oxygen atoms in total. The van der Waals surface area contributed by atoms with Crippen LogP contribution in [0.5, 0.6) is 0 Å². The average molecular weight is 364 g/mol. The quantitative estimate of drug-likeness (QED) is 0.738. The summed E-state index contributed by atoms with van der Waals surface area (Å²) in [4.78, 5) is 0.440. The van der Waals surface area contributed by atoms with Gasteiger partial charge in [-0.05, 0) is 31.0 Å². The van der Waals surface area contributed by atoms with E-state index in [1.165, 1.54) is 5.56 Å². The van der Waals surface area contributed by atoms with Crippen LogP contribution in [-0.4, -0.2) is 23.6 Å². The molecule has 3 atom stereocenters. The Morgan fingerprint density at radius 1 is 1.35 bits per heavy atom. The van der Waals surface area contributed by atoms with E-state index >= 15 is 0 Å². The number of rotatable bonds is 5. The van der Waals surface area contributed by atoms with Crippen LogP contribution in [0.1, 0.15) is 18.9 Å². The molecule has 1 saturated carbocycles. The van der Waals surface area contributed by atoms with Gasteiger partial charge in [-0.1, -0.05) is 44.0 Å². The average Bonchev–Trinajstić information content (AvgIpc) is 2.31. The third-order valence-corrected chi connectivity index (χ3v) is 4.28. The molecule has 0 N–H and O–H groups in total. The van der Waals surface area contributed by atoms with Gasteiger partial charge >= 0.3 is 0 Å². The van der Waals surface area contributed by atoms with Gasteiger partial charge in [0, 0.05) is 15.9 Å². The van der Waals surface area contributed by atoms with Gasteiger partial charge in [-0.15, -0.1) is 0 Å². The molecule has 0 aliphatic heterocycles. The molecular formula is C13H16Br2O2. The first-order chi connectivity index (χ1) is 8.20. The first kappa shape index (κ1) is 13.5. The normalized spacial score (nSPS) is 27.8. The minimum Gasteiger partial charge on any atom is -0.375 e. The number of alkyl halides is 1. The molecule has 1 aliphatic rings. The van der Waals surface area contributed by atoms with E-state index in [-0.39, 0.29) is 12.2 Å². The molecular weight excluding hydrogens is 348 g/mol. The second kappa shape index (κ2) is 6.32. The Balaban J connectivity index is 1.82. The van der Waals surface area contributed by atoms with E-state index in [1.807, 2.05) is 19.1 Å². The lowest BCUT2D eigenvalue weighted by molar-refractivity contribution is -0.124. The number of hydrogen-bond donors (Lipinski definition) is 0. The minimum absolute atomic E-state index is 0.201. The van der Waals surface area contributed by atoms with Gasteiger partial charge in [0.1, 0.15) is 0 Å². The third-order valence-electron chi connectivity index (χ3n) is 2.89. The molecule has 1 aromatic rings. The fraction of sp³-hybridized carbons (Fsp3) is 0.538. The highest BCUT2D eigenvalue weighted by molar-refractivity contribution is 9.10. The van der Waals surface area contributed by atoms with Crippen LogP contribution in [0.15, 0.2) is 28.7 Å². The fourth-order valence-corrected chi connectivity index (χ4v) is 3.23. The summed E-state index contributed by atoms with van der Waals surface area (Å²) in [5, 5.41) is 0. The number of hydrogen-bond acceptors (Lipinski definition) is 2. The maximum absolute atomic E-state index is 5.88. The summed E-state index contributed by atoms with van der Waals surface area (Å²) in [6, 6.07) is 8.20. The van der Waals surface area contributed by atoms with Crippen molar-refractivity contribution < 1.29 is 9.47 Å². The van der Waals surface area contributed by atoms with Crippen LogP contribution in [0, 0.1) is 0 Å². The maximum atomic E-state index is 5.88. The molecule has 17 heavy (non-hydrogen) atoms. The second-order valence-electron chi connectivity index (χ2n) is 4.15. The van der Waals surface area contributed by atoms with Crippen LogP contribution < -0.4 is 0 Å². The van der Waals surface area contributed by atoms with Crippen molar-refractivity contribution in [3.63, 3.8) is 0 Å². The number of benzene rings is 1. The molecule has 0 amide bonds. The molecule has 0 radical (unpaired) electrons. The Morgan fingerprint density at radius 2 is 2.18 bits per heavy atom. The Bertz CT molecular complexity index is 370. The molecule has 94 valence electrons. The summed E-state index contributed by atoms with van der Waals surface area (Å²) in [6.07, 6.45) is 1.45. The van der Waals surface area contributed by atoms with Crippen molar-refractivity contribution in [2.45, 2.75) is 37.0 Å². The first-order valence-electron chi connectivity index (χ1n) is 5.82. The maximum Gasteiger partial charge on any atom is 0.0962 e. The molecule has 2 rings (SSSR count). The van der Waals surface area contributed by atoms with E-state index in [2.05, 4.69) is 44.0 Å². The lowest BCUT2D eigenvalue weighted by atomic mass is 9.91. The second-order valence-corrected chi connectivity index (χ2v) is 6.24. The molecule has 0 spiro atoms. The van der Waals surface area contributed by atoms with Crippen LogP contribution in [0.3, 0.4) is 0 Å². The van der Waals surface area contributed by atoms with E-state index < -0.39 is 0 Å². The summed E-state index contributed by atoms with van der Waals surface area (Å²) in [5.74, 6) is 0. The van der Waals surface area contributed by atoms with E-state index in [0.29, 0.717) is 11.4 Å². The van der Waals surface area contributed by atoms with Gasteiger partial charge in [-0.2, -0.15) is 0 Å². The van der Waals surface area contributed by atoms with Crippen LogP contribution >= 0.6 is 31.9 Å². The van der Waals surface area contributed by atoms with Gasteiger partial charge in [-0.3, -0.25) is 0 Å². The summed E-state index contributed by atoms with van der Waals surface area (Å²) in [7, 11) is 0. The molecule has 4 heteroatoms. The van der Waals surface area contributed by atoms with E-state index in [9.17, 15) is 0 Å². The van der Waals surface area contributed by atoms with Crippen molar-refractivity contribution in [1.29, 1.82) is 0 Å². The molecule has 0 aromatic heterocycles. The molecule has 1 fully saturated rings. The molecule has 1 aromatic carbocycles. The predicted molar refractivity (Wildman–Crippen MR) is 75.5 cm³/mol. The van der Waals surface area contributed by atoms with Gasteiger partial charge < -0.3 is 9.47 Å². The predicted octanol–water partition coefficient (Wildman–Crippen LogP) is 3.91. The fourth-order valence-electron chi connectivity index (χ4n) is 1.92. The zero-order chi connectivity index (χ0) is 12.3. The van der Waals surface area contributed by atoms with E-state index in [4.69, 9.17) is 9.47 Å². The largest absolute Gasteiger partial charge is 0.375 e. The number of ether oxygens (including phenoxy) is 2.